The Morgan fingerprint density at radius 2 is 1.84 bits per heavy atom. The van der Waals surface area contributed by atoms with Crippen molar-refractivity contribution in [2.75, 3.05) is 13.1 Å². The molecule has 1 saturated heterocycles. The van der Waals surface area contributed by atoms with Crippen LogP contribution >= 0.6 is 0 Å². The van der Waals surface area contributed by atoms with Crippen LogP contribution in [0.2, 0.25) is 0 Å². The van der Waals surface area contributed by atoms with Crippen molar-refractivity contribution in [3.63, 3.8) is 0 Å². The van der Waals surface area contributed by atoms with E-state index in [0.29, 0.717) is 18.1 Å². The zero-order valence-corrected chi connectivity index (χ0v) is 12.5. The number of nitrogens with one attached hydrogen (secondary N) is 1. The van der Waals surface area contributed by atoms with Crippen molar-refractivity contribution in [1.82, 2.24) is 5.32 Å². The van der Waals surface area contributed by atoms with Gasteiger partial charge in [-0.15, -0.1) is 0 Å². The third kappa shape index (κ3) is 3.44. The molecule has 104 valence electrons. The average molecular weight is 259 g/mol. The van der Waals surface area contributed by atoms with E-state index in [4.69, 9.17) is 0 Å². The first-order valence-corrected chi connectivity index (χ1v) is 7.21. The number of hydrogen-bond acceptors (Lipinski definition) is 2. The van der Waals surface area contributed by atoms with Gasteiger partial charge in [-0.25, -0.2) is 0 Å². The number of Topliss-reactive ketones (excluding diaryl/α,β-unsaturated/α-hetero) is 1. The van der Waals surface area contributed by atoms with Gasteiger partial charge in [0.1, 0.15) is 5.78 Å². The second-order valence-corrected chi connectivity index (χ2v) is 6.83. The van der Waals surface area contributed by atoms with E-state index < -0.39 is 0 Å². The van der Waals surface area contributed by atoms with Crippen molar-refractivity contribution in [3.8, 4) is 0 Å². The molecular weight excluding hydrogens is 234 g/mol. The summed E-state index contributed by atoms with van der Waals surface area (Å²) >= 11 is 0. The predicted octanol–water partition coefficient (Wildman–Crippen LogP) is 2.95. The molecule has 2 atom stereocenters. The molecule has 2 heteroatoms. The van der Waals surface area contributed by atoms with Crippen LogP contribution in [0.4, 0.5) is 0 Å². The van der Waals surface area contributed by atoms with Gasteiger partial charge in [0.2, 0.25) is 0 Å². The van der Waals surface area contributed by atoms with Crippen LogP contribution in [0.15, 0.2) is 24.3 Å². The Kier molecular flexibility index (Phi) is 4.10. The van der Waals surface area contributed by atoms with Gasteiger partial charge >= 0.3 is 0 Å². The maximum atomic E-state index is 12.3. The normalized spacial score (nSPS) is 23.6. The van der Waals surface area contributed by atoms with E-state index in [0.717, 1.165) is 18.7 Å². The highest BCUT2D eigenvalue weighted by molar-refractivity contribution is 5.84. The molecule has 19 heavy (non-hydrogen) atoms. The van der Waals surface area contributed by atoms with Gasteiger partial charge in [0.05, 0.1) is 0 Å². The molecule has 1 fully saturated rings. The first-order valence-electron chi connectivity index (χ1n) is 7.21. The standard InChI is InChI=1S/C17H25NO/c1-12-10-18-11-15(12)16(19)9-13-5-7-14(8-6-13)17(2,3)4/h5-8,12,15,18H,9-11H2,1-4H3. The first kappa shape index (κ1) is 14.3. The molecule has 0 saturated carbocycles. The van der Waals surface area contributed by atoms with Gasteiger partial charge in [0, 0.05) is 18.9 Å². The van der Waals surface area contributed by atoms with Crippen LogP contribution in [0, 0.1) is 11.8 Å². The summed E-state index contributed by atoms with van der Waals surface area (Å²) in [4.78, 5) is 12.3. The van der Waals surface area contributed by atoms with E-state index in [1.807, 2.05) is 0 Å². The Bertz CT molecular complexity index is 441. The molecule has 0 spiro atoms. The highest BCUT2D eigenvalue weighted by Gasteiger charge is 2.29. The van der Waals surface area contributed by atoms with E-state index >= 15 is 0 Å². The van der Waals surface area contributed by atoms with Crippen LogP contribution in [-0.2, 0) is 16.6 Å². The number of ketones is 1. The third-order valence-electron chi connectivity index (χ3n) is 4.13. The third-order valence-corrected chi connectivity index (χ3v) is 4.13. The molecule has 0 aliphatic carbocycles. The van der Waals surface area contributed by atoms with Crippen molar-refractivity contribution in [2.24, 2.45) is 11.8 Å². The fourth-order valence-electron chi connectivity index (χ4n) is 2.70. The lowest BCUT2D eigenvalue weighted by atomic mass is 9.85. The molecule has 1 aliphatic rings. The van der Waals surface area contributed by atoms with Crippen molar-refractivity contribution < 1.29 is 4.79 Å². The topological polar surface area (TPSA) is 29.1 Å². The Labute approximate surface area is 116 Å². The number of carbonyl (C=O) groups is 1. The summed E-state index contributed by atoms with van der Waals surface area (Å²) in [5, 5.41) is 3.30. The smallest absolute Gasteiger partial charge is 0.141 e. The van der Waals surface area contributed by atoms with Crippen LogP contribution in [-0.4, -0.2) is 18.9 Å². The lowest BCUT2D eigenvalue weighted by molar-refractivity contribution is -0.122. The zero-order chi connectivity index (χ0) is 14.0. The Hall–Kier alpha value is -1.15. The molecule has 1 N–H and O–H groups in total. The minimum absolute atomic E-state index is 0.173. The van der Waals surface area contributed by atoms with Crippen LogP contribution in [0.3, 0.4) is 0 Å². The van der Waals surface area contributed by atoms with Gasteiger partial charge in [-0.3, -0.25) is 4.79 Å². The van der Waals surface area contributed by atoms with Crippen molar-refractivity contribution in [3.05, 3.63) is 35.4 Å². The quantitative estimate of drug-likeness (QED) is 0.904. The summed E-state index contributed by atoms with van der Waals surface area (Å²) in [5.41, 5.74) is 2.63. The van der Waals surface area contributed by atoms with Crippen LogP contribution < -0.4 is 5.32 Å². The van der Waals surface area contributed by atoms with Gasteiger partial charge in [0.25, 0.3) is 0 Å². The van der Waals surface area contributed by atoms with Crippen LogP contribution in [0.1, 0.15) is 38.8 Å². The van der Waals surface area contributed by atoms with Crippen LogP contribution in [0.5, 0.6) is 0 Å². The fourth-order valence-corrected chi connectivity index (χ4v) is 2.70. The lowest BCUT2D eigenvalue weighted by Gasteiger charge is -2.19. The van der Waals surface area contributed by atoms with E-state index in [1.54, 1.807) is 0 Å². The minimum atomic E-state index is 0.173. The second kappa shape index (κ2) is 5.46. The van der Waals surface area contributed by atoms with Gasteiger partial charge in [-0.05, 0) is 29.0 Å². The Morgan fingerprint density at radius 3 is 2.32 bits per heavy atom. The maximum absolute atomic E-state index is 12.3. The van der Waals surface area contributed by atoms with Gasteiger partial charge in [0.15, 0.2) is 0 Å². The molecule has 0 radical (unpaired) electrons. The van der Waals surface area contributed by atoms with Gasteiger partial charge in [-0.2, -0.15) is 0 Å². The largest absolute Gasteiger partial charge is 0.316 e. The Balaban J connectivity index is 2.02. The molecule has 2 unspecified atom stereocenters. The second-order valence-electron chi connectivity index (χ2n) is 6.83. The summed E-state index contributed by atoms with van der Waals surface area (Å²) in [5.74, 6) is 1.05. The predicted molar refractivity (Wildman–Crippen MR) is 79.4 cm³/mol. The Morgan fingerprint density at radius 1 is 1.21 bits per heavy atom. The molecule has 2 rings (SSSR count). The molecule has 1 aliphatic heterocycles. The number of rotatable bonds is 3. The summed E-state index contributed by atoms with van der Waals surface area (Å²) in [6, 6.07) is 8.51. The molecule has 0 aromatic heterocycles. The number of benzene rings is 1. The van der Waals surface area contributed by atoms with Gasteiger partial charge in [-0.1, -0.05) is 52.0 Å². The van der Waals surface area contributed by atoms with Crippen molar-refractivity contribution in [2.45, 2.75) is 39.5 Å². The number of hydrogen-bond donors (Lipinski definition) is 1. The minimum Gasteiger partial charge on any atom is -0.316 e. The highest BCUT2D eigenvalue weighted by Crippen LogP contribution is 2.23. The summed E-state index contributed by atoms with van der Waals surface area (Å²) in [6.07, 6.45) is 0.571. The lowest BCUT2D eigenvalue weighted by Crippen LogP contribution is -2.23. The van der Waals surface area contributed by atoms with E-state index in [-0.39, 0.29) is 11.3 Å². The van der Waals surface area contributed by atoms with E-state index in [1.165, 1.54) is 5.56 Å². The zero-order valence-electron chi connectivity index (χ0n) is 12.5. The molecular formula is C17H25NO. The maximum Gasteiger partial charge on any atom is 0.141 e. The highest BCUT2D eigenvalue weighted by atomic mass is 16.1. The monoisotopic (exact) mass is 259 g/mol. The molecule has 2 nitrogen and oxygen atoms in total. The molecule has 1 aromatic carbocycles. The molecule has 1 heterocycles. The molecule has 0 amide bonds. The van der Waals surface area contributed by atoms with Crippen molar-refractivity contribution >= 4 is 5.78 Å². The van der Waals surface area contributed by atoms with E-state index in [2.05, 4.69) is 57.3 Å². The first-order chi connectivity index (χ1) is 8.88. The summed E-state index contributed by atoms with van der Waals surface area (Å²) in [7, 11) is 0. The van der Waals surface area contributed by atoms with Gasteiger partial charge < -0.3 is 5.32 Å². The summed E-state index contributed by atoms with van der Waals surface area (Å²) < 4.78 is 0. The van der Waals surface area contributed by atoms with Crippen LogP contribution in [0.25, 0.3) is 0 Å². The molecule has 1 aromatic rings. The SMILES string of the molecule is CC1CNCC1C(=O)Cc1ccc(C(C)(C)C)cc1. The van der Waals surface area contributed by atoms with Crippen molar-refractivity contribution in [1.29, 1.82) is 0 Å². The fraction of sp³-hybridized carbons (Fsp3) is 0.588. The number of carbonyl (C=O) groups excluding carboxylic acids is 1. The summed E-state index contributed by atoms with van der Waals surface area (Å²) in [6.45, 7) is 10.6. The average Bonchev–Trinajstić information content (AvgIpc) is 2.75. The van der Waals surface area contributed by atoms with E-state index in [9.17, 15) is 4.79 Å². The molecule has 0 bridgehead atoms.